The molecule has 1 N–H and O–H groups in total. The lowest BCUT2D eigenvalue weighted by Gasteiger charge is -2.08. The van der Waals surface area contributed by atoms with Crippen molar-refractivity contribution in [3.8, 4) is 12.0 Å². The van der Waals surface area contributed by atoms with E-state index in [0.717, 1.165) is 6.42 Å². The van der Waals surface area contributed by atoms with Crippen LogP contribution in [0.4, 0.5) is 5.95 Å². The Morgan fingerprint density at radius 3 is 2.79 bits per heavy atom. The SMILES string of the molecule is CNc1nc(OCCC(C)C)nc(-n2cncn2)n1. The number of nitrogens with zero attached hydrogens (tertiary/aromatic N) is 6. The molecule has 8 nitrogen and oxygen atoms in total. The van der Waals surface area contributed by atoms with Crippen LogP contribution in [0, 0.1) is 5.92 Å². The predicted molar refractivity (Wildman–Crippen MR) is 69.2 cm³/mol. The van der Waals surface area contributed by atoms with E-state index < -0.39 is 0 Å². The summed E-state index contributed by atoms with van der Waals surface area (Å²) in [4.78, 5) is 16.4. The van der Waals surface area contributed by atoms with Crippen LogP contribution in [0.2, 0.25) is 0 Å². The van der Waals surface area contributed by atoms with Gasteiger partial charge in [-0.3, -0.25) is 0 Å². The van der Waals surface area contributed by atoms with Crippen molar-refractivity contribution in [3.05, 3.63) is 12.7 Å². The van der Waals surface area contributed by atoms with Gasteiger partial charge in [0.2, 0.25) is 5.95 Å². The molecule has 0 unspecified atom stereocenters. The summed E-state index contributed by atoms with van der Waals surface area (Å²) in [7, 11) is 1.73. The van der Waals surface area contributed by atoms with Gasteiger partial charge in [-0.15, -0.1) is 0 Å². The van der Waals surface area contributed by atoms with Crippen LogP contribution >= 0.6 is 0 Å². The van der Waals surface area contributed by atoms with Crippen LogP contribution in [0.3, 0.4) is 0 Å². The predicted octanol–water partition coefficient (Wildman–Crippen LogP) is 0.919. The third-order valence-corrected chi connectivity index (χ3v) is 2.38. The summed E-state index contributed by atoms with van der Waals surface area (Å²) in [6.45, 7) is 4.84. The maximum atomic E-state index is 5.53. The highest BCUT2D eigenvalue weighted by Crippen LogP contribution is 2.10. The fourth-order valence-electron chi connectivity index (χ4n) is 1.32. The van der Waals surface area contributed by atoms with E-state index in [9.17, 15) is 0 Å². The molecule has 0 aromatic carbocycles. The van der Waals surface area contributed by atoms with Gasteiger partial charge in [-0.05, 0) is 12.3 Å². The average Bonchev–Trinajstić information content (AvgIpc) is 2.92. The molecule has 2 aromatic heterocycles. The van der Waals surface area contributed by atoms with Crippen LogP contribution in [0.5, 0.6) is 6.01 Å². The Kier molecular flexibility index (Phi) is 4.22. The van der Waals surface area contributed by atoms with Crippen molar-refractivity contribution >= 4 is 5.95 Å². The van der Waals surface area contributed by atoms with Crippen LogP contribution in [-0.2, 0) is 0 Å². The maximum absolute atomic E-state index is 5.53. The van der Waals surface area contributed by atoms with Crippen molar-refractivity contribution in [2.45, 2.75) is 20.3 Å². The van der Waals surface area contributed by atoms with E-state index in [1.807, 2.05) is 0 Å². The smallest absolute Gasteiger partial charge is 0.323 e. The molecule has 0 aliphatic carbocycles. The van der Waals surface area contributed by atoms with Crippen LogP contribution < -0.4 is 10.1 Å². The Bertz CT molecular complexity index is 512. The van der Waals surface area contributed by atoms with Crippen molar-refractivity contribution in [2.24, 2.45) is 5.92 Å². The third kappa shape index (κ3) is 3.60. The van der Waals surface area contributed by atoms with E-state index in [2.05, 4.69) is 44.2 Å². The monoisotopic (exact) mass is 263 g/mol. The molecule has 0 spiro atoms. The van der Waals surface area contributed by atoms with Gasteiger partial charge >= 0.3 is 6.01 Å². The van der Waals surface area contributed by atoms with Crippen molar-refractivity contribution in [3.63, 3.8) is 0 Å². The lowest BCUT2D eigenvalue weighted by atomic mass is 10.1. The number of aromatic nitrogens is 6. The fraction of sp³-hybridized carbons (Fsp3) is 0.545. The van der Waals surface area contributed by atoms with Crippen LogP contribution in [0.15, 0.2) is 12.7 Å². The Labute approximate surface area is 111 Å². The molecule has 0 saturated carbocycles. The van der Waals surface area contributed by atoms with E-state index in [0.29, 0.717) is 24.4 Å². The summed E-state index contributed by atoms with van der Waals surface area (Å²) in [5.41, 5.74) is 0. The molecule has 0 atom stereocenters. The molecular formula is C11H17N7O. The molecule has 102 valence electrons. The summed E-state index contributed by atoms with van der Waals surface area (Å²) in [5.74, 6) is 1.37. The minimum absolute atomic E-state index is 0.283. The summed E-state index contributed by atoms with van der Waals surface area (Å²) in [6, 6.07) is 0.283. The first kappa shape index (κ1) is 13.2. The zero-order chi connectivity index (χ0) is 13.7. The lowest BCUT2D eigenvalue weighted by molar-refractivity contribution is 0.267. The Morgan fingerprint density at radius 2 is 2.16 bits per heavy atom. The summed E-state index contributed by atoms with van der Waals surface area (Å²) in [5, 5.41) is 6.85. The van der Waals surface area contributed by atoms with Crippen LogP contribution in [0.1, 0.15) is 20.3 Å². The summed E-state index contributed by atoms with van der Waals surface area (Å²) >= 11 is 0. The first-order chi connectivity index (χ1) is 9.19. The van der Waals surface area contributed by atoms with Gasteiger partial charge in [0.05, 0.1) is 6.61 Å². The minimum atomic E-state index is 0.283. The van der Waals surface area contributed by atoms with Crippen LogP contribution in [0.25, 0.3) is 5.95 Å². The van der Waals surface area contributed by atoms with E-state index in [-0.39, 0.29) is 6.01 Å². The van der Waals surface area contributed by atoms with E-state index in [4.69, 9.17) is 4.74 Å². The van der Waals surface area contributed by atoms with Gasteiger partial charge in [0.15, 0.2) is 0 Å². The quantitative estimate of drug-likeness (QED) is 0.828. The number of hydrogen-bond acceptors (Lipinski definition) is 7. The standard InChI is InChI=1S/C11H17N7O/c1-8(2)4-5-19-11-16-9(12-3)15-10(17-11)18-7-13-6-14-18/h6-8H,4-5H2,1-3H3,(H,12,15,16,17). The largest absolute Gasteiger partial charge is 0.463 e. The topological polar surface area (TPSA) is 90.6 Å². The minimum Gasteiger partial charge on any atom is -0.463 e. The number of hydrogen-bond donors (Lipinski definition) is 1. The molecule has 0 aliphatic rings. The molecule has 2 rings (SSSR count). The van der Waals surface area contributed by atoms with Gasteiger partial charge in [0, 0.05) is 7.05 Å². The zero-order valence-electron chi connectivity index (χ0n) is 11.2. The highest BCUT2D eigenvalue weighted by Gasteiger charge is 2.09. The first-order valence-corrected chi connectivity index (χ1v) is 6.10. The number of anilines is 1. The molecule has 19 heavy (non-hydrogen) atoms. The molecule has 2 aromatic rings. The fourth-order valence-corrected chi connectivity index (χ4v) is 1.32. The number of rotatable bonds is 6. The van der Waals surface area contributed by atoms with Crippen LogP contribution in [-0.4, -0.2) is 43.4 Å². The van der Waals surface area contributed by atoms with E-state index in [1.54, 1.807) is 7.05 Å². The van der Waals surface area contributed by atoms with Gasteiger partial charge < -0.3 is 10.1 Å². The summed E-state index contributed by atoms with van der Waals surface area (Å²) in [6.07, 6.45) is 3.88. The second-order valence-corrected chi connectivity index (χ2v) is 4.36. The zero-order valence-corrected chi connectivity index (χ0v) is 11.2. The first-order valence-electron chi connectivity index (χ1n) is 6.10. The van der Waals surface area contributed by atoms with Crippen molar-refractivity contribution in [1.29, 1.82) is 0 Å². The average molecular weight is 263 g/mol. The molecular weight excluding hydrogens is 246 g/mol. The molecule has 0 radical (unpaired) electrons. The molecule has 0 saturated heterocycles. The van der Waals surface area contributed by atoms with Crippen molar-refractivity contribution in [2.75, 3.05) is 19.0 Å². The normalized spacial score (nSPS) is 10.7. The van der Waals surface area contributed by atoms with Crippen molar-refractivity contribution in [1.82, 2.24) is 29.7 Å². The highest BCUT2D eigenvalue weighted by atomic mass is 16.5. The Morgan fingerprint density at radius 1 is 1.32 bits per heavy atom. The second kappa shape index (κ2) is 6.07. The van der Waals surface area contributed by atoms with E-state index in [1.165, 1.54) is 17.3 Å². The van der Waals surface area contributed by atoms with Gasteiger partial charge in [0.25, 0.3) is 5.95 Å². The second-order valence-electron chi connectivity index (χ2n) is 4.36. The van der Waals surface area contributed by atoms with E-state index >= 15 is 0 Å². The Balaban J connectivity index is 2.16. The summed E-state index contributed by atoms with van der Waals surface area (Å²) < 4.78 is 6.99. The third-order valence-electron chi connectivity index (χ3n) is 2.38. The molecule has 0 fully saturated rings. The van der Waals surface area contributed by atoms with Gasteiger partial charge in [0.1, 0.15) is 12.7 Å². The molecule has 2 heterocycles. The van der Waals surface area contributed by atoms with Gasteiger partial charge in [-0.2, -0.15) is 24.7 Å². The Hall–Kier alpha value is -2.25. The lowest BCUT2D eigenvalue weighted by Crippen LogP contribution is -2.11. The maximum Gasteiger partial charge on any atom is 0.323 e. The van der Waals surface area contributed by atoms with Gasteiger partial charge in [-0.1, -0.05) is 13.8 Å². The van der Waals surface area contributed by atoms with Crippen molar-refractivity contribution < 1.29 is 4.74 Å². The molecule has 0 bridgehead atoms. The highest BCUT2D eigenvalue weighted by molar-refractivity contribution is 5.28. The van der Waals surface area contributed by atoms with Gasteiger partial charge in [-0.25, -0.2) is 4.98 Å². The molecule has 0 amide bonds. The number of ether oxygens (including phenoxy) is 1. The molecule has 0 aliphatic heterocycles. The number of nitrogens with one attached hydrogen (secondary N) is 1. The molecule has 8 heteroatoms.